The second kappa shape index (κ2) is 10.7. The van der Waals surface area contributed by atoms with Gasteiger partial charge in [0.15, 0.2) is 0 Å². The van der Waals surface area contributed by atoms with Crippen molar-refractivity contribution in [2.45, 2.75) is 63.5 Å². The maximum atomic E-state index is 13.3. The summed E-state index contributed by atoms with van der Waals surface area (Å²) in [6.45, 7) is 1.68. The SMILES string of the molecule is CN(C(=O)c1ccccc1N1CCC(NC(=O)Cc2ccccc2)CC1)C1CCCCC1. The van der Waals surface area contributed by atoms with Gasteiger partial charge in [0.05, 0.1) is 12.0 Å². The number of piperidine rings is 1. The monoisotopic (exact) mass is 433 g/mol. The maximum Gasteiger partial charge on any atom is 0.255 e. The van der Waals surface area contributed by atoms with E-state index in [0.29, 0.717) is 12.5 Å². The largest absolute Gasteiger partial charge is 0.371 e. The van der Waals surface area contributed by atoms with Gasteiger partial charge in [0.25, 0.3) is 5.91 Å². The Balaban J connectivity index is 1.34. The van der Waals surface area contributed by atoms with Gasteiger partial charge < -0.3 is 15.1 Å². The normalized spacial score (nSPS) is 17.7. The summed E-state index contributed by atoms with van der Waals surface area (Å²) in [5, 5.41) is 3.20. The predicted octanol–water partition coefficient (Wildman–Crippen LogP) is 4.42. The Labute approximate surface area is 191 Å². The fourth-order valence-electron chi connectivity index (χ4n) is 5.08. The second-order valence-electron chi connectivity index (χ2n) is 9.22. The second-order valence-corrected chi connectivity index (χ2v) is 9.22. The fourth-order valence-corrected chi connectivity index (χ4v) is 5.08. The molecule has 0 aromatic heterocycles. The topological polar surface area (TPSA) is 52.7 Å². The zero-order valence-electron chi connectivity index (χ0n) is 19.1. The maximum absolute atomic E-state index is 13.3. The minimum absolute atomic E-state index is 0.0827. The number of nitrogens with one attached hydrogen (secondary N) is 1. The summed E-state index contributed by atoms with van der Waals surface area (Å²) in [7, 11) is 1.96. The summed E-state index contributed by atoms with van der Waals surface area (Å²) < 4.78 is 0. The molecule has 1 aliphatic carbocycles. The average Bonchev–Trinajstić information content (AvgIpc) is 2.85. The zero-order chi connectivity index (χ0) is 22.3. The molecule has 5 nitrogen and oxygen atoms in total. The molecular weight excluding hydrogens is 398 g/mol. The van der Waals surface area contributed by atoms with Crippen molar-refractivity contribution in [1.82, 2.24) is 10.2 Å². The quantitative estimate of drug-likeness (QED) is 0.734. The van der Waals surface area contributed by atoms with Crippen molar-refractivity contribution in [3.05, 3.63) is 65.7 Å². The Morgan fingerprint density at radius 1 is 0.906 bits per heavy atom. The first-order chi connectivity index (χ1) is 15.6. The lowest BCUT2D eigenvalue weighted by Gasteiger charge is -2.36. The predicted molar refractivity (Wildman–Crippen MR) is 129 cm³/mol. The molecule has 0 bridgehead atoms. The van der Waals surface area contributed by atoms with Crippen LogP contribution in [0.5, 0.6) is 0 Å². The zero-order valence-corrected chi connectivity index (χ0v) is 19.1. The molecule has 0 spiro atoms. The van der Waals surface area contributed by atoms with Crippen molar-refractivity contribution < 1.29 is 9.59 Å². The van der Waals surface area contributed by atoms with Crippen LogP contribution < -0.4 is 10.2 Å². The smallest absolute Gasteiger partial charge is 0.255 e. The van der Waals surface area contributed by atoms with Gasteiger partial charge in [-0.1, -0.05) is 61.7 Å². The lowest BCUT2D eigenvalue weighted by Crippen LogP contribution is -2.46. The lowest BCUT2D eigenvalue weighted by molar-refractivity contribution is -0.121. The molecule has 4 rings (SSSR count). The Kier molecular flexibility index (Phi) is 7.46. The van der Waals surface area contributed by atoms with E-state index in [1.165, 1.54) is 19.3 Å². The number of para-hydroxylation sites is 1. The first kappa shape index (κ1) is 22.4. The van der Waals surface area contributed by atoms with E-state index in [0.717, 1.165) is 55.6 Å². The highest BCUT2D eigenvalue weighted by Gasteiger charge is 2.27. The van der Waals surface area contributed by atoms with Crippen molar-refractivity contribution in [1.29, 1.82) is 0 Å². The van der Waals surface area contributed by atoms with Gasteiger partial charge in [-0.2, -0.15) is 0 Å². The van der Waals surface area contributed by atoms with E-state index in [2.05, 4.69) is 16.3 Å². The Morgan fingerprint density at radius 2 is 1.56 bits per heavy atom. The van der Waals surface area contributed by atoms with Gasteiger partial charge in [-0.25, -0.2) is 0 Å². The van der Waals surface area contributed by atoms with Gasteiger partial charge in [0, 0.05) is 37.9 Å². The number of hydrogen-bond acceptors (Lipinski definition) is 3. The first-order valence-corrected chi connectivity index (χ1v) is 12.1. The van der Waals surface area contributed by atoms with Gasteiger partial charge in [-0.15, -0.1) is 0 Å². The molecule has 0 radical (unpaired) electrons. The molecule has 1 saturated carbocycles. The van der Waals surface area contributed by atoms with E-state index in [-0.39, 0.29) is 17.9 Å². The van der Waals surface area contributed by atoms with Crippen molar-refractivity contribution in [2.75, 3.05) is 25.0 Å². The number of hydrogen-bond donors (Lipinski definition) is 1. The van der Waals surface area contributed by atoms with Gasteiger partial charge in [0.2, 0.25) is 5.91 Å². The minimum atomic E-state index is 0.0827. The lowest BCUT2D eigenvalue weighted by atomic mass is 9.94. The van der Waals surface area contributed by atoms with Crippen LogP contribution in [0.1, 0.15) is 60.9 Å². The fraction of sp³-hybridized carbons (Fsp3) is 0.481. The van der Waals surface area contributed by atoms with E-state index in [4.69, 9.17) is 0 Å². The number of carbonyl (C=O) groups excluding carboxylic acids is 2. The molecule has 5 heteroatoms. The molecular formula is C27H35N3O2. The Morgan fingerprint density at radius 3 is 2.28 bits per heavy atom. The van der Waals surface area contributed by atoms with Crippen molar-refractivity contribution in [3.8, 4) is 0 Å². The van der Waals surface area contributed by atoms with Crippen molar-refractivity contribution in [3.63, 3.8) is 0 Å². The number of benzene rings is 2. The standard InChI is InChI=1S/C27H35N3O2/c1-29(23-12-6-3-7-13-23)27(32)24-14-8-9-15-25(24)30-18-16-22(17-19-30)28-26(31)20-21-10-4-2-5-11-21/h2,4-5,8-11,14-15,22-23H,3,6-7,12-13,16-20H2,1H3,(H,28,31). The van der Waals surface area contributed by atoms with Crippen LogP contribution in [0.15, 0.2) is 54.6 Å². The number of amides is 2. The van der Waals surface area contributed by atoms with Crippen LogP contribution in [-0.2, 0) is 11.2 Å². The van der Waals surface area contributed by atoms with Crippen LogP contribution >= 0.6 is 0 Å². The molecule has 2 fully saturated rings. The molecule has 1 aliphatic heterocycles. The third kappa shape index (κ3) is 5.50. The van der Waals surface area contributed by atoms with Gasteiger partial charge >= 0.3 is 0 Å². The molecule has 170 valence electrons. The summed E-state index contributed by atoms with van der Waals surface area (Å²) in [5.74, 6) is 0.213. The number of nitrogens with zero attached hydrogens (tertiary/aromatic N) is 2. The molecule has 32 heavy (non-hydrogen) atoms. The Bertz CT molecular complexity index is 900. The molecule has 0 unspecified atom stereocenters. The van der Waals surface area contributed by atoms with Crippen LogP contribution in [0.3, 0.4) is 0 Å². The van der Waals surface area contributed by atoms with E-state index >= 15 is 0 Å². The van der Waals surface area contributed by atoms with Crippen LogP contribution in [-0.4, -0.2) is 48.9 Å². The van der Waals surface area contributed by atoms with Crippen molar-refractivity contribution >= 4 is 17.5 Å². The van der Waals surface area contributed by atoms with Gasteiger partial charge in [-0.3, -0.25) is 9.59 Å². The van der Waals surface area contributed by atoms with E-state index < -0.39 is 0 Å². The molecule has 1 heterocycles. The summed E-state index contributed by atoms with van der Waals surface area (Å²) in [5.41, 5.74) is 2.86. The van der Waals surface area contributed by atoms with Crippen LogP contribution in [0.4, 0.5) is 5.69 Å². The highest BCUT2D eigenvalue weighted by Crippen LogP contribution is 2.28. The minimum Gasteiger partial charge on any atom is -0.371 e. The number of rotatable bonds is 6. The third-order valence-corrected chi connectivity index (χ3v) is 6.99. The van der Waals surface area contributed by atoms with E-state index in [9.17, 15) is 9.59 Å². The van der Waals surface area contributed by atoms with Gasteiger partial charge in [-0.05, 0) is 43.4 Å². The van der Waals surface area contributed by atoms with Crippen LogP contribution in [0, 0.1) is 0 Å². The summed E-state index contributed by atoms with van der Waals surface area (Å²) >= 11 is 0. The highest BCUT2D eigenvalue weighted by atomic mass is 16.2. The molecule has 1 N–H and O–H groups in total. The molecule has 2 aliphatic rings. The summed E-state index contributed by atoms with van der Waals surface area (Å²) in [6.07, 6.45) is 8.14. The molecule has 1 saturated heterocycles. The average molecular weight is 434 g/mol. The van der Waals surface area contributed by atoms with Gasteiger partial charge in [0.1, 0.15) is 0 Å². The molecule has 0 atom stereocenters. The third-order valence-electron chi connectivity index (χ3n) is 6.99. The summed E-state index contributed by atoms with van der Waals surface area (Å²) in [4.78, 5) is 30.0. The summed E-state index contributed by atoms with van der Waals surface area (Å²) in [6, 6.07) is 18.4. The number of anilines is 1. The molecule has 2 amide bonds. The number of carbonyl (C=O) groups is 2. The highest BCUT2D eigenvalue weighted by molar-refractivity contribution is 6.00. The van der Waals surface area contributed by atoms with E-state index in [1.54, 1.807) is 0 Å². The van der Waals surface area contributed by atoms with Crippen LogP contribution in [0.2, 0.25) is 0 Å². The first-order valence-electron chi connectivity index (χ1n) is 12.1. The molecule has 2 aromatic rings. The molecule has 2 aromatic carbocycles. The van der Waals surface area contributed by atoms with E-state index in [1.807, 2.05) is 60.5 Å². The van der Waals surface area contributed by atoms with Crippen molar-refractivity contribution in [2.24, 2.45) is 0 Å². The van der Waals surface area contributed by atoms with Crippen LogP contribution in [0.25, 0.3) is 0 Å². The Hall–Kier alpha value is -2.82.